The lowest BCUT2D eigenvalue weighted by atomic mass is 10.3. The first-order valence-corrected chi connectivity index (χ1v) is 10.7. The number of amides is 1. The molecule has 1 N–H and O–H groups in total. The van der Waals surface area contributed by atoms with Gasteiger partial charge in [0.05, 0.1) is 18.5 Å². The van der Waals surface area contributed by atoms with Crippen molar-refractivity contribution in [2.45, 2.75) is 17.4 Å². The van der Waals surface area contributed by atoms with Gasteiger partial charge in [-0.05, 0) is 30.5 Å². The summed E-state index contributed by atoms with van der Waals surface area (Å²) in [6.07, 6.45) is 3.36. The first-order valence-electron chi connectivity index (χ1n) is 8.63. The van der Waals surface area contributed by atoms with Gasteiger partial charge in [-0.15, -0.1) is 11.3 Å². The average molecular weight is 428 g/mol. The molecule has 3 heterocycles. The Labute approximate surface area is 172 Å². The van der Waals surface area contributed by atoms with Gasteiger partial charge in [0, 0.05) is 0 Å². The predicted octanol–water partition coefficient (Wildman–Crippen LogP) is 2.24. The Morgan fingerprint density at radius 1 is 1.21 bits per heavy atom. The lowest BCUT2D eigenvalue weighted by molar-refractivity contribution is -0.121. The number of hydrogen-bond donors (Lipinski definition) is 1. The van der Waals surface area contributed by atoms with Crippen LogP contribution in [0.4, 0.5) is 0 Å². The molecule has 0 saturated heterocycles. The van der Waals surface area contributed by atoms with E-state index in [-0.39, 0.29) is 24.6 Å². The maximum Gasteiger partial charge on any atom is 0.337 e. The molecule has 8 nitrogen and oxygen atoms in total. The Kier molecular flexibility index (Phi) is 5.36. The minimum absolute atomic E-state index is 0.204. The van der Waals surface area contributed by atoms with Crippen molar-refractivity contribution in [1.29, 1.82) is 0 Å². The van der Waals surface area contributed by atoms with Crippen molar-refractivity contribution in [2.75, 3.05) is 6.26 Å². The van der Waals surface area contributed by atoms with E-state index in [1.807, 2.05) is 6.26 Å². The first kappa shape index (κ1) is 19.2. The van der Waals surface area contributed by atoms with Crippen molar-refractivity contribution >= 4 is 39.4 Å². The molecular formula is C19H16N4O4S2. The number of aromatic nitrogens is 3. The van der Waals surface area contributed by atoms with Crippen molar-refractivity contribution in [1.82, 2.24) is 19.4 Å². The smallest absolute Gasteiger partial charge is 0.337 e. The molecule has 0 aliphatic rings. The first-order chi connectivity index (χ1) is 14.1. The molecule has 0 radical (unpaired) electrons. The van der Waals surface area contributed by atoms with Crippen LogP contribution < -0.4 is 16.6 Å². The van der Waals surface area contributed by atoms with Crippen LogP contribution in [0.5, 0.6) is 0 Å². The van der Waals surface area contributed by atoms with Crippen LogP contribution in [0.25, 0.3) is 16.0 Å². The van der Waals surface area contributed by atoms with Crippen molar-refractivity contribution in [2.24, 2.45) is 0 Å². The lowest BCUT2D eigenvalue weighted by Gasteiger charge is -2.11. The highest BCUT2D eigenvalue weighted by molar-refractivity contribution is 8.00. The van der Waals surface area contributed by atoms with Crippen LogP contribution in [0.3, 0.4) is 0 Å². The highest BCUT2D eigenvalue weighted by Crippen LogP contribution is 2.25. The van der Waals surface area contributed by atoms with Gasteiger partial charge in [-0.2, -0.15) is 0 Å². The Morgan fingerprint density at radius 2 is 2.00 bits per heavy atom. The molecule has 4 rings (SSSR count). The summed E-state index contributed by atoms with van der Waals surface area (Å²) in [6, 6.07) is 12.1. The molecule has 0 saturated carbocycles. The highest BCUT2D eigenvalue weighted by atomic mass is 32.2. The van der Waals surface area contributed by atoms with E-state index in [1.54, 1.807) is 42.5 Å². The molecule has 0 atom stereocenters. The topological polar surface area (TPSA) is 99.1 Å². The molecule has 0 fully saturated rings. The van der Waals surface area contributed by atoms with Crippen LogP contribution in [0.15, 0.2) is 67.1 Å². The number of para-hydroxylation sites is 1. The summed E-state index contributed by atoms with van der Waals surface area (Å²) in [5.41, 5.74) is -0.399. The number of carbonyl (C=O) groups excluding carboxylic acids is 1. The fourth-order valence-electron chi connectivity index (χ4n) is 2.85. The van der Waals surface area contributed by atoms with E-state index in [0.717, 1.165) is 4.57 Å². The second-order valence-corrected chi connectivity index (χ2v) is 8.09. The summed E-state index contributed by atoms with van der Waals surface area (Å²) in [5.74, 6) is 0.213. The third-order valence-corrected chi connectivity index (χ3v) is 6.21. The Morgan fingerprint density at radius 3 is 2.69 bits per heavy atom. The summed E-state index contributed by atoms with van der Waals surface area (Å²) < 4.78 is 8.48. The van der Waals surface area contributed by atoms with Crippen LogP contribution in [0.1, 0.15) is 5.76 Å². The molecule has 10 heteroatoms. The average Bonchev–Trinajstić information content (AvgIpc) is 3.40. The summed E-state index contributed by atoms with van der Waals surface area (Å²) in [6.45, 7) is -0.0596. The van der Waals surface area contributed by atoms with Gasteiger partial charge in [-0.3, -0.25) is 14.2 Å². The Balaban J connectivity index is 1.79. The number of hydrogen-bond acceptors (Lipinski definition) is 7. The molecule has 0 bridgehead atoms. The van der Waals surface area contributed by atoms with E-state index < -0.39 is 11.2 Å². The van der Waals surface area contributed by atoms with Crippen LogP contribution in [-0.2, 0) is 17.9 Å². The van der Waals surface area contributed by atoms with E-state index >= 15 is 0 Å². The Hall–Kier alpha value is -3.11. The van der Waals surface area contributed by atoms with Gasteiger partial charge in [0.2, 0.25) is 5.91 Å². The molecule has 148 valence electrons. The van der Waals surface area contributed by atoms with Crippen molar-refractivity contribution in [3.8, 4) is 5.69 Å². The zero-order valence-corrected chi connectivity index (χ0v) is 17.0. The minimum atomic E-state index is -0.611. The van der Waals surface area contributed by atoms with Crippen molar-refractivity contribution in [3.63, 3.8) is 0 Å². The molecular weight excluding hydrogens is 412 g/mol. The summed E-state index contributed by atoms with van der Waals surface area (Å²) >= 11 is 2.58. The third kappa shape index (κ3) is 3.76. The molecule has 1 aromatic carbocycles. The van der Waals surface area contributed by atoms with Gasteiger partial charge in [0.15, 0.2) is 9.99 Å². The van der Waals surface area contributed by atoms with Crippen LogP contribution in [0, 0.1) is 0 Å². The quantitative estimate of drug-likeness (QED) is 0.473. The monoisotopic (exact) mass is 428 g/mol. The number of rotatable bonds is 6. The van der Waals surface area contributed by atoms with Crippen molar-refractivity contribution < 1.29 is 9.21 Å². The number of carbonyl (C=O) groups is 1. The number of furan rings is 1. The van der Waals surface area contributed by atoms with E-state index in [9.17, 15) is 14.4 Å². The summed E-state index contributed by atoms with van der Waals surface area (Å²) in [4.78, 5) is 43.0. The zero-order valence-electron chi connectivity index (χ0n) is 15.3. The molecule has 29 heavy (non-hydrogen) atoms. The molecule has 0 spiro atoms. The van der Waals surface area contributed by atoms with Gasteiger partial charge in [-0.1, -0.05) is 30.0 Å². The molecule has 4 aromatic rings. The van der Waals surface area contributed by atoms with E-state index in [0.29, 0.717) is 20.5 Å². The molecule has 1 amide bonds. The molecule has 0 aliphatic heterocycles. The fraction of sp³-hybridized carbons (Fsp3) is 0.158. The standard InChI is InChI=1S/C19H16N4O4S2/c1-28-18-21-16-15(29-18)17(25)23(12-6-3-2-4-7-12)19(26)22(16)11-14(24)20-10-13-8-5-9-27-13/h2-9H,10-11H2,1H3,(H,20,24). The molecule has 0 aliphatic carbocycles. The lowest BCUT2D eigenvalue weighted by Crippen LogP contribution is -2.41. The number of fused-ring (bicyclic) bond motifs is 1. The molecule has 3 aromatic heterocycles. The Bertz CT molecular complexity index is 1270. The zero-order chi connectivity index (χ0) is 20.4. The van der Waals surface area contributed by atoms with Crippen molar-refractivity contribution in [3.05, 3.63) is 75.3 Å². The molecule has 0 unspecified atom stereocenters. The number of nitrogens with zero attached hydrogens (tertiary/aromatic N) is 3. The predicted molar refractivity (Wildman–Crippen MR) is 112 cm³/mol. The number of nitrogens with one attached hydrogen (secondary N) is 1. The van der Waals surface area contributed by atoms with Gasteiger partial charge in [0.1, 0.15) is 17.0 Å². The number of thioether (sulfide) groups is 1. The van der Waals surface area contributed by atoms with E-state index in [4.69, 9.17) is 4.42 Å². The van der Waals surface area contributed by atoms with Crippen LogP contribution >= 0.6 is 23.1 Å². The fourth-order valence-corrected chi connectivity index (χ4v) is 4.34. The van der Waals surface area contributed by atoms with Gasteiger partial charge < -0.3 is 9.73 Å². The largest absolute Gasteiger partial charge is 0.467 e. The SMILES string of the molecule is CSc1nc2c(s1)c(=O)n(-c1ccccc1)c(=O)n2CC(=O)NCc1ccco1. The van der Waals surface area contributed by atoms with Gasteiger partial charge in [0.25, 0.3) is 5.56 Å². The van der Waals surface area contributed by atoms with Crippen LogP contribution in [-0.4, -0.2) is 26.3 Å². The second kappa shape index (κ2) is 8.10. The maximum atomic E-state index is 13.2. The summed E-state index contributed by atoms with van der Waals surface area (Å²) in [5, 5.41) is 2.71. The second-order valence-electron chi connectivity index (χ2n) is 6.04. The minimum Gasteiger partial charge on any atom is -0.467 e. The van der Waals surface area contributed by atoms with E-state index in [2.05, 4.69) is 10.3 Å². The number of thiazole rings is 1. The normalized spacial score (nSPS) is 11.1. The third-order valence-electron chi connectivity index (χ3n) is 4.20. The summed E-state index contributed by atoms with van der Waals surface area (Å²) in [7, 11) is 0. The van der Waals surface area contributed by atoms with E-state index in [1.165, 1.54) is 33.9 Å². The number of benzene rings is 1. The van der Waals surface area contributed by atoms with Crippen LogP contribution in [0.2, 0.25) is 0 Å². The maximum absolute atomic E-state index is 13.2. The van der Waals surface area contributed by atoms with Gasteiger partial charge in [-0.25, -0.2) is 14.3 Å². The van der Waals surface area contributed by atoms with Gasteiger partial charge >= 0.3 is 5.69 Å². The highest BCUT2D eigenvalue weighted by Gasteiger charge is 2.20.